The first-order chi connectivity index (χ1) is 10.9. The van der Waals surface area contributed by atoms with Gasteiger partial charge in [-0.05, 0) is 57.1 Å². The van der Waals surface area contributed by atoms with Crippen molar-refractivity contribution in [2.75, 3.05) is 52.4 Å². The van der Waals surface area contributed by atoms with Crippen molar-refractivity contribution in [1.29, 1.82) is 0 Å². The Morgan fingerprint density at radius 1 is 0.773 bits per heavy atom. The fourth-order valence-electron chi connectivity index (χ4n) is 3.62. The highest BCUT2D eigenvalue weighted by Crippen LogP contribution is 2.10. The second kappa shape index (κ2) is 8.61. The predicted molar refractivity (Wildman–Crippen MR) is 90.9 cm³/mol. The van der Waals surface area contributed by atoms with Gasteiger partial charge in [0.25, 0.3) is 0 Å². The Hall–Kier alpha value is -0.970. The van der Waals surface area contributed by atoms with E-state index in [2.05, 4.69) is 25.8 Å². The third-order valence-corrected chi connectivity index (χ3v) is 4.99. The summed E-state index contributed by atoms with van der Waals surface area (Å²) in [5.74, 6) is 0. The van der Waals surface area contributed by atoms with Gasteiger partial charge in [-0.2, -0.15) is 0 Å². The summed E-state index contributed by atoms with van der Waals surface area (Å²) < 4.78 is 0. The molecular weight excluding hydrogens is 272 g/mol. The third-order valence-electron chi connectivity index (χ3n) is 4.99. The van der Waals surface area contributed by atoms with E-state index in [0.29, 0.717) is 0 Å². The van der Waals surface area contributed by atoms with Crippen LogP contribution in [0, 0.1) is 0 Å². The maximum atomic E-state index is 4.23. The summed E-state index contributed by atoms with van der Waals surface area (Å²) in [5.41, 5.74) is 1.34. The van der Waals surface area contributed by atoms with Crippen LogP contribution >= 0.6 is 0 Å². The number of hydrogen-bond acceptors (Lipinski definition) is 4. The minimum absolute atomic E-state index is 1.05. The average Bonchev–Trinajstić information content (AvgIpc) is 2.80. The molecule has 1 aromatic rings. The van der Waals surface area contributed by atoms with Crippen LogP contribution in [-0.2, 0) is 6.54 Å². The van der Waals surface area contributed by atoms with E-state index < -0.39 is 0 Å². The molecule has 3 rings (SSSR count). The SMILES string of the molecule is c1cncc(CN2CCCN(CCN3CCCCC3)CC2)c1. The van der Waals surface area contributed by atoms with E-state index in [1.165, 1.54) is 83.6 Å². The van der Waals surface area contributed by atoms with Crippen molar-refractivity contribution in [3.8, 4) is 0 Å². The molecule has 0 aliphatic carbocycles. The lowest BCUT2D eigenvalue weighted by Crippen LogP contribution is -2.39. The first kappa shape index (κ1) is 15.9. The van der Waals surface area contributed by atoms with Gasteiger partial charge in [-0.1, -0.05) is 12.5 Å². The Bertz CT molecular complexity index is 416. The van der Waals surface area contributed by atoms with Gasteiger partial charge in [-0.3, -0.25) is 9.88 Å². The highest BCUT2D eigenvalue weighted by molar-refractivity contribution is 5.08. The van der Waals surface area contributed by atoms with Gasteiger partial charge >= 0.3 is 0 Å². The molecule has 0 saturated carbocycles. The van der Waals surface area contributed by atoms with Crippen molar-refractivity contribution >= 4 is 0 Å². The van der Waals surface area contributed by atoms with Gasteiger partial charge in [0.2, 0.25) is 0 Å². The lowest BCUT2D eigenvalue weighted by molar-refractivity contribution is 0.182. The monoisotopic (exact) mass is 302 g/mol. The van der Waals surface area contributed by atoms with E-state index in [4.69, 9.17) is 0 Å². The van der Waals surface area contributed by atoms with E-state index in [0.717, 1.165) is 6.54 Å². The lowest BCUT2D eigenvalue weighted by atomic mass is 10.1. The molecule has 0 unspecified atom stereocenters. The summed E-state index contributed by atoms with van der Waals surface area (Å²) in [6.45, 7) is 11.1. The predicted octanol–water partition coefficient (Wildman–Crippen LogP) is 2.08. The maximum Gasteiger partial charge on any atom is 0.0312 e. The molecule has 0 atom stereocenters. The second-order valence-corrected chi connectivity index (χ2v) is 6.73. The number of pyridine rings is 1. The topological polar surface area (TPSA) is 22.6 Å². The summed E-state index contributed by atoms with van der Waals surface area (Å²) in [5, 5.41) is 0. The third kappa shape index (κ3) is 5.04. The summed E-state index contributed by atoms with van der Waals surface area (Å²) in [6, 6.07) is 4.23. The fraction of sp³-hybridized carbons (Fsp3) is 0.722. The molecule has 0 spiro atoms. The Labute approximate surface area is 135 Å². The molecule has 3 heterocycles. The molecule has 2 fully saturated rings. The second-order valence-electron chi connectivity index (χ2n) is 6.73. The number of nitrogens with zero attached hydrogens (tertiary/aromatic N) is 4. The zero-order valence-corrected chi connectivity index (χ0v) is 13.8. The first-order valence-electron chi connectivity index (χ1n) is 8.96. The molecule has 122 valence electrons. The van der Waals surface area contributed by atoms with E-state index >= 15 is 0 Å². The Morgan fingerprint density at radius 2 is 1.45 bits per heavy atom. The van der Waals surface area contributed by atoms with Crippen LogP contribution in [0.1, 0.15) is 31.2 Å². The highest BCUT2D eigenvalue weighted by Gasteiger charge is 2.16. The molecule has 0 radical (unpaired) electrons. The number of rotatable bonds is 5. The summed E-state index contributed by atoms with van der Waals surface area (Å²) in [4.78, 5) is 12.1. The van der Waals surface area contributed by atoms with Gasteiger partial charge in [-0.15, -0.1) is 0 Å². The molecule has 0 bridgehead atoms. The molecule has 0 amide bonds. The zero-order chi connectivity index (χ0) is 15.0. The largest absolute Gasteiger partial charge is 0.302 e. The molecule has 2 saturated heterocycles. The molecule has 2 aliphatic heterocycles. The van der Waals surface area contributed by atoms with Crippen molar-refractivity contribution < 1.29 is 0 Å². The number of likely N-dealkylation sites (tertiary alicyclic amines) is 1. The van der Waals surface area contributed by atoms with E-state index in [9.17, 15) is 0 Å². The van der Waals surface area contributed by atoms with Gasteiger partial charge in [0.05, 0.1) is 0 Å². The Balaban J connectivity index is 1.39. The molecule has 22 heavy (non-hydrogen) atoms. The number of aromatic nitrogens is 1. The average molecular weight is 302 g/mol. The molecule has 0 N–H and O–H groups in total. The van der Waals surface area contributed by atoms with E-state index in [1.807, 2.05) is 18.5 Å². The quantitative estimate of drug-likeness (QED) is 0.830. The van der Waals surface area contributed by atoms with Crippen LogP contribution in [0.25, 0.3) is 0 Å². The van der Waals surface area contributed by atoms with Gasteiger partial charge < -0.3 is 9.80 Å². The fourth-order valence-corrected chi connectivity index (χ4v) is 3.62. The van der Waals surface area contributed by atoms with Gasteiger partial charge in [0, 0.05) is 45.1 Å². The molecule has 2 aliphatic rings. The van der Waals surface area contributed by atoms with Crippen molar-refractivity contribution in [1.82, 2.24) is 19.7 Å². The minimum atomic E-state index is 1.05. The van der Waals surface area contributed by atoms with Crippen molar-refractivity contribution in [3.63, 3.8) is 0 Å². The van der Waals surface area contributed by atoms with Gasteiger partial charge in [0.15, 0.2) is 0 Å². The zero-order valence-electron chi connectivity index (χ0n) is 13.8. The van der Waals surface area contributed by atoms with Crippen molar-refractivity contribution in [3.05, 3.63) is 30.1 Å². The summed E-state index contributed by atoms with van der Waals surface area (Å²) >= 11 is 0. The smallest absolute Gasteiger partial charge is 0.0312 e. The van der Waals surface area contributed by atoms with Crippen LogP contribution in [-0.4, -0.2) is 72.0 Å². The van der Waals surface area contributed by atoms with Crippen molar-refractivity contribution in [2.45, 2.75) is 32.2 Å². The molecular formula is C18H30N4. The number of hydrogen-bond donors (Lipinski definition) is 0. The maximum absolute atomic E-state index is 4.23. The molecule has 4 nitrogen and oxygen atoms in total. The summed E-state index contributed by atoms with van der Waals surface area (Å²) in [7, 11) is 0. The number of piperidine rings is 1. The van der Waals surface area contributed by atoms with E-state index in [-0.39, 0.29) is 0 Å². The van der Waals surface area contributed by atoms with E-state index in [1.54, 1.807) is 0 Å². The Morgan fingerprint density at radius 3 is 2.23 bits per heavy atom. The van der Waals surface area contributed by atoms with Crippen LogP contribution in [0.2, 0.25) is 0 Å². The standard InChI is InChI=1S/C18H30N4/c1-2-8-20(9-3-1)12-13-21-10-5-11-22(15-14-21)17-18-6-4-7-19-16-18/h4,6-7,16H,1-3,5,8-15,17H2. The molecule has 1 aromatic heterocycles. The minimum Gasteiger partial charge on any atom is -0.302 e. The van der Waals surface area contributed by atoms with Crippen LogP contribution in [0.15, 0.2) is 24.5 Å². The normalized spacial score (nSPS) is 22.5. The summed E-state index contributed by atoms with van der Waals surface area (Å²) in [6.07, 6.45) is 9.38. The van der Waals surface area contributed by atoms with Gasteiger partial charge in [-0.25, -0.2) is 0 Å². The van der Waals surface area contributed by atoms with Gasteiger partial charge in [0.1, 0.15) is 0 Å². The molecule has 4 heteroatoms. The molecule has 0 aromatic carbocycles. The first-order valence-corrected chi connectivity index (χ1v) is 8.96. The van der Waals surface area contributed by atoms with Crippen molar-refractivity contribution in [2.24, 2.45) is 0 Å². The highest BCUT2D eigenvalue weighted by atomic mass is 15.2. The van der Waals surface area contributed by atoms with Crippen LogP contribution < -0.4 is 0 Å². The van der Waals surface area contributed by atoms with Crippen LogP contribution in [0.3, 0.4) is 0 Å². The van der Waals surface area contributed by atoms with Crippen LogP contribution in [0.5, 0.6) is 0 Å². The van der Waals surface area contributed by atoms with Crippen LogP contribution in [0.4, 0.5) is 0 Å². The Kier molecular flexibility index (Phi) is 6.22. The lowest BCUT2D eigenvalue weighted by Gasteiger charge is -2.29.